The number of ketones is 1. The van der Waals surface area contributed by atoms with E-state index in [-0.39, 0.29) is 11.7 Å². The smallest absolute Gasteiger partial charge is 0.270 e. The number of carbonyl (C=O) groups is 2. The zero-order valence-electron chi connectivity index (χ0n) is 14.8. The highest BCUT2D eigenvalue weighted by Crippen LogP contribution is 2.31. The molecule has 1 aliphatic rings. The van der Waals surface area contributed by atoms with Crippen molar-refractivity contribution in [3.63, 3.8) is 0 Å². The molecule has 1 N–H and O–H groups in total. The molecule has 4 nitrogen and oxygen atoms in total. The van der Waals surface area contributed by atoms with Crippen LogP contribution in [0.4, 0.5) is 0 Å². The van der Waals surface area contributed by atoms with Crippen LogP contribution in [-0.4, -0.2) is 34.7 Å². The highest BCUT2D eigenvalue weighted by molar-refractivity contribution is 6.02. The van der Waals surface area contributed by atoms with Gasteiger partial charge in [0.2, 0.25) is 0 Å². The van der Waals surface area contributed by atoms with Crippen LogP contribution in [0.1, 0.15) is 62.5 Å². The number of rotatable bonds is 3. The second-order valence-corrected chi connectivity index (χ2v) is 6.77. The molecule has 1 aliphatic heterocycles. The topological polar surface area (TPSA) is 53.2 Å². The molecule has 1 aromatic carbocycles. The van der Waals surface area contributed by atoms with E-state index in [1.54, 1.807) is 6.92 Å². The summed E-state index contributed by atoms with van der Waals surface area (Å²) >= 11 is 0. The molecule has 0 saturated carbocycles. The number of nitrogens with one attached hydrogen (secondary N) is 1. The Morgan fingerprint density at radius 2 is 1.88 bits per heavy atom. The van der Waals surface area contributed by atoms with Gasteiger partial charge < -0.3 is 9.88 Å². The van der Waals surface area contributed by atoms with Crippen molar-refractivity contribution in [3.8, 4) is 0 Å². The minimum Gasteiger partial charge on any atom is -0.354 e. The van der Waals surface area contributed by atoms with Gasteiger partial charge >= 0.3 is 0 Å². The van der Waals surface area contributed by atoms with Crippen LogP contribution < -0.4 is 0 Å². The summed E-state index contributed by atoms with van der Waals surface area (Å²) in [5.74, 6) is 0.387. The van der Waals surface area contributed by atoms with Gasteiger partial charge in [-0.15, -0.1) is 0 Å². The molecule has 1 amide bonds. The van der Waals surface area contributed by atoms with Crippen LogP contribution in [0.25, 0.3) is 0 Å². The third-order valence-electron chi connectivity index (χ3n) is 5.11. The SMILES string of the molecule is CC(=O)c1c(C)[nH]c(C(=O)N2CC[C@@H](c3ccccc3C)C2)c1C. The molecule has 2 heterocycles. The van der Waals surface area contributed by atoms with Gasteiger partial charge in [0, 0.05) is 30.3 Å². The monoisotopic (exact) mass is 324 g/mol. The van der Waals surface area contributed by atoms with Crippen LogP contribution in [0.5, 0.6) is 0 Å². The van der Waals surface area contributed by atoms with Crippen LogP contribution in [0.15, 0.2) is 24.3 Å². The largest absolute Gasteiger partial charge is 0.354 e. The summed E-state index contributed by atoms with van der Waals surface area (Å²) in [5.41, 5.74) is 5.36. The zero-order valence-corrected chi connectivity index (χ0v) is 14.8. The fourth-order valence-electron chi connectivity index (χ4n) is 3.89. The number of amides is 1. The maximum Gasteiger partial charge on any atom is 0.270 e. The second-order valence-electron chi connectivity index (χ2n) is 6.77. The first-order chi connectivity index (χ1) is 11.4. The van der Waals surface area contributed by atoms with Gasteiger partial charge in [0.1, 0.15) is 5.69 Å². The highest BCUT2D eigenvalue weighted by Gasteiger charge is 2.31. The number of nitrogens with zero attached hydrogens (tertiary/aromatic N) is 1. The van der Waals surface area contributed by atoms with Crippen LogP contribution >= 0.6 is 0 Å². The number of hydrogen-bond acceptors (Lipinski definition) is 2. The Hall–Kier alpha value is -2.36. The number of aromatic amines is 1. The Kier molecular flexibility index (Phi) is 4.31. The van der Waals surface area contributed by atoms with Gasteiger partial charge in [-0.1, -0.05) is 24.3 Å². The minimum absolute atomic E-state index is 0.000455. The number of likely N-dealkylation sites (tertiary alicyclic amines) is 1. The third kappa shape index (κ3) is 2.77. The molecule has 4 heteroatoms. The van der Waals surface area contributed by atoms with E-state index in [9.17, 15) is 9.59 Å². The number of benzene rings is 1. The average Bonchev–Trinajstić information content (AvgIpc) is 3.12. The summed E-state index contributed by atoms with van der Waals surface area (Å²) in [6, 6.07) is 8.39. The van der Waals surface area contributed by atoms with Crippen LogP contribution in [0.3, 0.4) is 0 Å². The zero-order chi connectivity index (χ0) is 17.4. The molecule has 0 spiro atoms. The fraction of sp³-hybridized carbons (Fsp3) is 0.400. The standard InChI is InChI=1S/C20H24N2O2/c1-12-7-5-6-8-17(12)16-9-10-22(11-16)20(24)19-13(2)18(15(4)23)14(3)21-19/h5-8,16,21H,9-11H2,1-4H3/t16-/m1/s1. The van der Waals surface area contributed by atoms with E-state index in [1.807, 2.05) is 24.8 Å². The normalized spacial score (nSPS) is 17.3. The molecule has 3 rings (SSSR count). The predicted octanol–water partition coefficient (Wildman–Crippen LogP) is 3.77. The van der Waals surface area contributed by atoms with E-state index in [4.69, 9.17) is 0 Å². The van der Waals surface area contributed by atoms with Crippen LogP contribution in [-0.2, 0) is 0 Å². The summed E-state index contributed by atoms with van der Waals surface area (Å²) in [5, 5.41) is 0. The molecule has 0 radical (unpaired) electrons. The van der Waals surface area contributed by atoms with E-state index in [2.05, 4.69) is 30.1 Å². The lowest BCUT2D eigenvalue weighted by molar-refractivity contribution is 0.0784. The van der Waals surface area contributed by atoms with Crippen molar-refractivity contribution in [1.82, 2.24) is 9.88 Å². The fourth-order valence-corrected chi connectivity index (χ4v) is 3.89. The number of Topliss-reactive ketones (excluding diaryl/α,β-unsaturated/α-hetero) is 1. The number of hydrogen-bond donors (Lipinski definition) is 1. The van der Waals surface area contributed by atoms with Crippen molar-refractivity contribution in [3.05, 3.63) is 57.9 Å². The number of carbonyl (C=O) groups excluding carboxylic acids is 2. The number of aryl methyl sites for hydroxylation is 2. The van der Waals surface area contributed by atoms with Gasteiger partial charge in [0.25, 0.3) is 5.91 Å². The van der Waals surface area contributed by atoms with E-state index in [0.29, 0.717) is 17.2 Å². The Morgan fingerprint density at radius 1 is 1.17 bits per heavy atom. The lowest BCUT2D eigenvalue weighted by atomic mass is 9.94. The van der Waals surface area contributed by atoms with Gasteiger partial charge in [-0.3, -0.25) is 9.59 Å². The maximum atomic E-state index is 12.9. The summed E-state index contributed by atoms with van der Waals surface area (Å²) in [7, 11) is 0. The summed E-state index contributed by atoms with van der Waals surface area (Å²) < 4.78 is 0. The van der Waals surface area contributed by atoms with Crippen molar-refractivity contribution in [2.24, 2.45) is 0 Å². The van der Waals surface area contributed by atoms with Gasteiger partial charge in [-0.05, 0) is 50.8 Å². The first kappa shape index (κ1) is 16.5. The van der Waals surface area contributed by atoms with E-state index < -0.39 is 0 Å². The molecule has 126 valence electrons. The lowest BCUT2D eigenvalue weighted by Gasteiger charge is -2.17. The Labute approximate surface area is 142 Å². The number of H-pyrrole nitrogens is 1. The lowest BCUT2D eigenvalue weighted by Crippen LogP contribution is -2.29. The van der Waals surface area contributed by atoms with Gasteiger partial charge in [-0.2, -0.15) is 0 Å². The molecule has 1 fully saturated rings. The van der Waals surface area contributed by atoms with E-state index in [1.165, 1.54) is 11.1 Å². The van der Waals surface area contributed by atoms with Crippen molar-refractivity contribution in [2.45, 2.75) is 40.0 Å². The first-order valence-corrected chi connectivity index (χ1v) is 8.45. The molecule has 0 unspecified atom stereocenters. The average molecular weight is 324 g/mol. The quantitative estimate of drug-likeness (QED) is 0.874. The molecule has 24 heavy (non-hydrogen) atoms. The van der Waals surface area contributed by atoms with Gasteiger partial charge in [0.05, 0.1) is 0 Å². The predicted molar refractivity (Wildman–Crippen MR) is 94.7 cm³/mol. The highest BCUT2D eigenvalue weighted by atomic mass is 16.2. The van der Waals surface area contributed by atoms with Gasteiger partial charge in [0.15, 0.2) is 5.78 Å². The minimum atomic E-state index is -0.000755. The second kappa shape index (κ2) is 6.27. The molecular weight excluding hydrogens is 300 g/mol. The molecule has 1 atom stereocenters. The van der Waals surface area contributed by atoms with Crippen LogP contribution in [0.2, 0.25) is 0 Å². The van der Waals surface area contributed by atoms with Crippen molar-refractivity contribution < 1.29 is 9.59 Å². The number of aromatic nitrogens is 1. The van der Waals surface area contributed by atoms with E-state index >= 15 is 0 Å². The van der Waals surface area contributed by atoms with Crippen molar-refractivity contribution >= 4 is 11.7 Å². The molecule has 0 aliphatic carbocycles. The van der Waals surface area contributed by atoms with Crippen molar-refractivity contribution in [1.29, 1.82) is 0 Å². The van der Waals surface area contributed by atoms with Crippen LogP contribution in [0, 0.1) is 20.8 Å². The summed E-state index contributed by atoms with van der Waals surface area (Å²) in [4.78, 5) is 29.7. The van der Waals surface area contributed by atoms with Gasteiger partial charge in [-0.25, -0.2) is 0 Å². The van der Waals surface area contributed by atoms with E-state index in [0.717, 1.165) is 30.8 Å². The molecule has 1 saturated heterocycles. The maximum absolute atomic E-state index is 12.9. The molecule has 0 bridgehead atoms. The Balaban J connectivity index is 1.82. The molecular formula is C20H24N2O2. The molecule has 2 aromatic rings. The Bertz CT molecular complexity index is 804. The third-order valence-corrected chi connectivity index (χ3v) is 5.11. The summed E-state index contributed by atoms with van der Waals surface area (Å²) in [6.45, 7) is 8.85. The Morgan fingerprint density at radius 3 is 2.50 bits per heavy atom. The summed E-state index contributed by atoms with van der Waals surface area (Å²) in [6.07, 6.45) is 0.981. The van der Waals surface area contributed by atoms with Crippen molar-refractivity contribution in [2.75, 3.05) is 13.1 Å². The first-order valence-electron chi connectivity index (χ1n) is 8.45. The molecule has 1 aromatic heterocycles.